The van der Waals surface area contributed by atoms with E-state index in [1.54, 1.807) is 0 Å². The molecule has 53 heavy (non-hydrogen) atoms. The molecule has 0 spiro atoms. The molecule has 0 aromatic heterocycles. The molecule has 0 aromatic rings. The largest absolute Gasteiger partial charge is 2.00 e. The van der Waals surface area contributed by atoms with Crippen molar-refractivity contribution in [2.24, 2.45) is 0 Å². The van der Waals surface area contributed by atoms with Crippen LogP contribution in [0.4, 0.5) is 0 Å². The number of nitrogens with zero attached hydrogens (tertiary/aromatic N) is 4. The van der Waals surface area contributed by atoms with Crippen molar-refractivity contribution < 1.29 is 123 Å². The minimum Gasteiger partial charge on any atom is -0.474 e. The Hall–Kier alpha value is 3.63. The van der Waals surface area contributed by atoms with Crippen molar-refractivity contribution >= 4 is 0 Å². The van der Waals surface area contributed by atoms with Crippen molar-refractivity contribution in [1.82, 2.24) is 19.6 Å². The van der Waals surface area contributed by atoms with Gasteiger partial charge in [-0.25, -0.2) is 77.0 Å². The minimum atomic E-state index is 0. The molecule has 0 unspecified atom stereocenters. The maximum Gasteiger partial charge on any atom is 2.00 e. The number of likely N-dealkylation sites (N-methyl/N-ethyl adjacent to an activating group) is 4. The van der Waals surface area contributed by atoms with Crippen LogP contribution in [-0.2, 0) is 85.3 Å². The molecule has 0 saturated heterocycles. The van der Waals surface area contributed by atoms with Crippen LogP contribution in [0.25, 0.3) is 0 Å². The van der Waals surface area contributed by atoms with E-state index in [4.69, 9.17) is 0 Å². The van der Waals surface area contributed by atoms with Gasteiger partial charge < -0.3 is 58.1 Å². The van der Waals surface area contributed by atoms with Crippen molar-refractivity contribution in [1.29, 1.82) is 0 Å². The van der Waals surface area contributed by atoms with Crippen LogP contribution in [0.1, 0.15) is 0 Å². The quantitative estimate of drug-likeness (QED) is 0.267. The van der Waals surface area contributed by atoms with E-state index in [0.717, 1.165) is 26.2 Å². The Balaban J connectivity index is -0.0000000588. The van der Waals surface area contributed by atoms with Crippen LogP contribution < -0.4 is 37.7 Å². The van der Waals surface area contributed by atoms with Gasteiger partial charge in [0.2, 0.25) is 0 Å². The van der Waals surface area contributed by atoms with Gasteiger partial charge in [-0.1, -0.05) is 77.0 Å². The van der Waals surface area contributed by atoms with E-state index in [2.05, 4.69) is 115 Å². The molecule has 0 amide bonds. The Morgan fingerprint density at radius 2 is 0.358 bits per heavy atom. The average molecular weight is 908 g/mol. The molecule has 0 N–H and O–H groups in total. The van der Waals surface area contributed by atoms with Gasteiger partial charge in [0.15, 0.2) is 0 Å². The molecule has 32 radical (unpaired) electrons. The van der Waals surface area contributed by atoms with Gasteiger partial charge in [0.1, 0.15) is 0 Å². The van der Waals surface area contributed by atoms with E-state index in [-0.39, 0.29) is 123 Å². The molecule has 6 rings (SSSR count). The third-order valence-corrected chi connectivity index (χ3v) is 4.96. The van der Waals surface area contributed by atoms with Gasteiger partial charge in [0.25, 0.3) is 0 Å². The third-order valence-electron chi connectivity index (χ3n) is 4.96. The van der Waals surface area contributed by atoms with Gasteiger partial charge in [-0.05, 0) is 56.4 Å². The normalized spacial score (nSPS) is 17.0. The summed E-state index contributed by atoms with van der Waals surface area (Å²) >= 11 is 0. The van der Waals surface area contributed by atoms with E-state index in [1.807, 2.05) is 154 Å². The summed E-state index contributed by atoms with van der Waals surface area (Å²) in [5.74, 6) is 0. The van der Waals surface area contributed by atoms with Crippen LogP contribution in [-0.4, -0.2) is 102 Å². The van der Waals surface area contributed by atoms with E-state index in [1.165, 1.54) is 0 Å². The molecule has 6 saturated carbocycles. The van der Waals surface area contributed by atoms with E-state index < -0.39 is 0 Å². The summed E-state index contributed by atoms with van der Waals surface area (Å²) in [6.45, 7) is 4.58. The zero-order valence-corrected chi connectivity index (χ0v) is 39.0. The third kappa shape index (κ3) is 84.1. The SMILES string of the molecule is CN(C)CCN(C)C.CN(C)CCN(C)C.[C-]1[CH][CH][CH][CH]1.[C-]1[CH][CH][CH][CH]1.[C-]1[CH][CH][CH][CH]1.[C-]1[CH][CH][CH][CH]1.[C-]1[CH][CH][CH][CH]1.[C-]1[CH][CH][CH][CH]1.[Fe+2].[Fe+2].[Fe+2].[Li+].[Li+].[Mn+2].[Mn+2]. The second-order valence-electron chi connectivity index (χ2n) is 10.5. The van der Waals surface area contributed by atoms with Gasteiger partial charge in [0, 0.05) is 26.2 Å². The fourth-order valence-electron chi connectivity index (χ4n) is 2.47. The first-order valence-electron chi connectivity index (χ1n) is 15.3. The van der Waals surface area contributed by atoms with Gasteiger partial charge in [0.05, 0.1) is 0 Å². The maximum atomic E-state index is 2.86. The molecular weight excluding hydrogens is 852 g/mol. The van der Waals surface area contributed by atoms with Crippen molar-refractivity contribution in [2.45, 2.75) is 0 Å². The molecule has 278 valence electrons. The van der Waals surface area contributed by atoms with E-state index in [0.29, 0.717) is 0 Å². The van der Waals surface area contributed by atoms with Crippen LogP contribution in [0, 0.1) is 193 Å². The van der Waals surface area contributed by atoms with Crippen LogP contribution in [0.5, 0.6) is 0 Å². The fourth-order valence-corrected chi connectivity index (χ4v) is 2.47. The first-order valence-corrected chi connectivity index (χ1v) is 15.3. The Morgan fingerprint density at radius 3 is 0.396 bits per heavy atom. The van der Waals surface area contributed by atoms with Crippen LogP contribution in [0.3, 0.4) is 0 Å². The number of hydrogen-bond donors (Lipinski definition) is 0. The van der Waals surface area contributed by atoms with Crippen molar-refractivity contribution in [3.63, 3.8) is 0 Å². The smallest absolute Gasteiger partial charge is 0.474 e. The van der Waals surface area contributed by atoms with Crippen molar-refractivity contribution in [2.75, 3.05) is 82.6 Å². The second-order valence-corrected chi connectivity index (χ2v) is 10.5. The summed E-state index contributed by atoms with van der Waals surface area (Å²) < 4.78 is 0. The van der Waals surface area contributed by atoms with Crippen LogP contribution in [0.2, 0.25) is 0 Å². The summed E-state index contributed by atoms with van der Waals surface area (Å²) in [6.07, 6.45) is 63.0. The number of rotatable bonds is 6. The molecule has 6 aliphatic rings. The van der Waals surface area contributed by atoms with E-state index >= 15 is 0 Å². The second kappa shape index (κ2) is 67.4. The summed E-state index contributed by atoms with van der Waals surface area (Å²) in [5.41, 5.74) is 0. The molecular formula is C42H56Fe3Li2Mn2N4+6. The predicted octanol–water partition coefficient (Wildman–Crippen LogP) is -0.395. The first-order chi connectivity index (χ1) is 22.3. The van der Waals surface area contributed by atoms with Crippen molar-refractivity contribution in [3.8, 4) is 0 Å². The Kier molecular flexibility index (Phi) is 98.3. The first kappa shape index (κ1) is 77.3. The molecule has 0 heterocycles. The molecule has 0 aromatic carbocycles. The average Bonchev–Trinajstić information content (AvgIpc) is 3.90. The fraction of sp³-hybridized carbons (Fsp3) is 0.286. The molecule has 0 aliphatic heterocycles. The summed E-state index contributed by atoms with van der Waals surface area (Å²) in [6, 6.07) is 0. The summed E-state index contributed by atoms with van der Waals surface area (Å²) in [4.78, 5) is 8.72. The van der Waals surface area contributed by atoms with Gasteiger partial charge >= 0.3 is 123 Å². The van der Waals surface area contributed by atoms with E-state index in [9.17, 15) is 0 Å². The van der Waals surface area contributed by atoms with Gasteiger partial charge in [-0.2, -0.15) is 0 Å². The van der Waals surface area contributed by atoms with Gasteiger partial charge in [-0.3, -0.25) is 0 Å². The van der Waals surface area contributed by atoms with Crippen LogP contribution in [0.15, 0.2) is 0 Å². The van der Waals surface area contributed by atoms with Crippen molar-refractivity contribution in [3.05, 3.63) is 193 Å². The summed E-state index contributed by atoms with van der Waals surface area (Å²) in [7, 11) is 16.7. The van der Waals surface area contributed by atoms with Crippen LogP contribution >= 0.6 is 0 Å². The maximum absolute atomic E-state index is 2.86. The number of hydrogen-bond acceptors (Lipinski definition) is 4. The predicted molar refractivity (Wildman–Crippen MR) is 197 cm³/mol. The van der Waals surface area contributed by atoms with Gasteiger partial charge in [-0.15, -0.1) is 0 Å². The molecule has 6 aliphatic carbocycles. The molecule has 4 nitrogen and oxygen atoms in total. The summed E-state index contributed by atoms with van der Waals surface area (Å²) in [5, 5.41) is 0. The Morgan fingerprint density at radius 1 is 0.264 bits per heavy atom. The molecule has 11 heteroatoms. The monoisotopic (exact) mass is 908 g/mol. The standard InChI is InChI=1S/2C6H16N2.6C5H4.3Fe.2Li.2Mn/c2*1-7(2)5-6-8(3)4;6*1-2-4-5-3-1;;;;;;;/h2*5-6H2,1-4H3;6*1-4H;;;;;;;/q;;6*-1;3*+2;2*+1;2*+2. The Bertz CT molecular complexity index is 381. The zero-order chi connectivity index (χ0) is 34.4. The topological polar surface area (TPSA) is 13.0 Å². The molecule has 6 fully saturated rings. The molecule has 0 bridgehead atoms. The molecule has 0 atom stereocenters. The Labute approximate surface area is 413 Å². The minimum absolute atomic E-state index is 0. The zero-order valence-electron chi connectivity index (χ0n) is 33.3.